The van der Waals surface area contributed by atoms with Gasteiger partial charge >= 0.3 is 0 Å². The molecule has 2 aromatic heterocycles. The molecule has 4 aromatic rings. The summed E-state index contributed by atoms with van der Waals surface area (Å²) >= 11 is 0. The summed E-state index contributed by atoms with van der Waals surface area (Å²) in [5, 5.41) is 7.25. The molecule has 2 aromatic carbocycles. The lowest BCUT2D eigenvalue weighted by Gasteiger charge is -2.27. The maximum Gasteiger partial charge on any atom is 0.255 e. The number of aryl methyl sites for hydroxylation is 1. The first kappa shape index (κ1) is 30.5. The number of ether oxygens (including phenoxy) is 4. The number of carbonyl (C=O) groups excluding carboxylic acids is 1. The number of aromatic nitrogens is 3. The van der Waals surface area contributed by atoms with Crippen molar-refractivity contribution in [1.82, 2.24) is 19.9 Å². The van der Waals surface area contributed by atoms with Gasteiger partial charge in [0.2, 0.25) is 0 Å². The SMILES string of the molecule is COc1cc2c(Nc3cc(NC(=O)c4ccnc(N5CCOCC5)c4)ccc3C)ncnc2cc1OCCCN1CCOCC1. The Bertz CT molecular complexity index is 1620. The van der Waals surface area contributed by atoms with Crippen LogP contribution in [0.1, 0.15) is 22.3 Å². The van der Waals surface area contributed by atoms with E-state index in [-0.39, 0.29) is 5.91 Å². The predicted octanol–water partition coefficient (Wildman–Crippen LogP) is 4.28. The zero-order chi connectivity index (χ0) is 31.0. The fourth-order valence-corrected chi connectivity index (χ4v) is 5.42. The second-order valence-electron chi connectivity index (χ2n) is 11.0. The standard InChI is InChI=1S/C33H39N7O5/c1-23-4-5-25(37-33(41)24-6-7-34-31(18-24)40-11-16-44-17-12-40)19-27(23)38-32-26-20-29(42-2)30(21-28(26)35-22-36-32)45-13-3-8-39-9-14-43-15-10-39/h4-7,18-22H,3,8-17H2,1-2H3,(H,37,41)(H,35,36,38). The van der Waals surface area contributed by atoms with Crippen molar-refractivity contribution < 1.29 is 23.7 Å². The van der Waals surface area contributed by atoms with Crippen molar-refractivity contribution in [3.63, 3.8) is 0 Å². The fourth-order valence-electron chi connectivity index (χ4n) is 5.42. The first-order valence-electron chi connectivity index (χ1n) is 15.3. The van der Waals surface area contributed by atoms with Crippen LogP contribution in [0.2, 0.25) is 0 Å². The number of amides is 1. The van der Waals surface area contributed by atoms with Gasteiger partial charge in [-0.25, -0.2) is 15.0 Å². The topological polar surface area (TPSA) is 123 Å². The summed E-state index contributed by atoms with van der Waals surface area (Å²) in [6, 6.07) is 13.0. The first-order chi connectivity index (χ1) is 22.1. The lowest BCUT2D eigenvalue weighted by atomic mass is 10.1. The second kappa shape index (κ2) is 14.5. The third-order valence-electron chi connectivity index (χ3n) is 7.99. The Morgan fingerprint density at radius 2 is 1.73 bits per heavy atom. The zero-order valence-corrected chi connectivity index (χ0v) is 25.8. The van der Waals surface area contributed by atoms with Crippen LogP contribution in [0.25, 0.3) is 10.9 Å². The van der Waals surface area contributed by atoms with Gasteiger partial charge in [0.15, 0.2) is 11.5 Å². The summed E-state index contributed by atoms with van der Waals surface area (Å²) in [7, 11) is 1.63. The molecule has 236 valence electrons. The highest BCUT2D eigenvalue weighted by atomic mass is 16.5. The molecular weight excluding hydrogens is 574 g/mol. The number of benzene rings is 2. The van der Waals surface area contributed by atoms with Crippen LogP contribution in [0.5, 0.6) is 11.5 Å². The second-order valence-corrected chi connectivity index (χ2v) is 11.0. The number of nitrogens with one attached hydrogen (secondary N) is 2. The average molecular weight is 614 g/mol. The number of hydrogen-bond donors (Lipinski definition) is 2. The van der Waals surface area contributed by atoms with Crippen LogP contribution in [-0.4, -0.2) is 98.6 Å². The summed E-state index contributed by atoms with van der Waals surface area (Å²) in [4.78, 5) is 31.2. The van der Waals surface area contributed by atoms with Crippen molar-refractivity contribution in [2.24, 2.45) is 0 Å². The fraction of sp³-hybridized carbons (Fsp3) is 0.394. The Morgan fingerprint density at radius 1 is 0.933 bits per heavy atom. The molecule has 12 heteroatoms. The van der Waals surface area contributed by atoms with Crippen molar-refractivity contribution in [2.45, 2.75) is 13.3 Å². The van der Waals surface area contributed by atoms with Gasteiger partial charge in [-0.2, -0.15) is 0 Å². The molecule has 2 aliphatic heterocycles. The summed E-state index contributed by atoms with van der Waals surface area (Å²) in [6.07, 6.45) is 4.09. The van der Waals surface area contributed by atoms with E-state index >= 15 is 0 Å². The molecule has 0 spiro atoms. The molecule has 0 atom stereocenters. The van der Waals surface area contributed by atoms with Crippen LogP contribution >= 0.6 is 0 Å². The van der Waals surface area contributed by atoms with E-state index in [4.69, 9.17) is 18.9 Å². The van der Waals surface area contributed by atoms with Crippen LogP contribution in [0.3, 0.4) is 0 Å². The zero-order valence-electron chi connectivity index (χ0n) is 25.8. The van der Waals surface area contributed by atoms with Crippen molar-refractivity contribution in [1.29, 1.82) is 0 Å². The number of methoxy groups -OCH3 is 1. The molecule has 12 nitrogen and oxygen atoms in total. The highest BCUT2D eigenvalue weighted by molar-refractivity contribution is 6.05. The number of pyridine rings is 1. The Balaban J connectivity index is 1.15. The van der Waals surface area contributed by atoms with E-state index in [1.165, 1.54) is 6.33 Å². The van der Waals surface area contributed by atoms with Crippen LogP contribution in [0.15, 0.2) is 55.0 Å². The highest BCUT2D eigenvalue weighted by Crippen LogP contribution is 2.35. The summed E-state index contributed by atoms with van der Waals surface area (Å²) in [6.45, 7) is 9.82. The number of morpholine rings is 2. The molecule has 0 aliphatic carbocycles. The predicted molar refractivity (Wildman–Crippen MR) is 173 cm³/mol. The van der Waals surface area contributed by atoms with Crippen LogP contribution < -0.4 is 25.0 Å². The molecule has 2 fully saturated rings. The summed E-state index contributed by atoms with van der Waals surface area (Å²) < 4.78 is 22.7. The number of nitrogens with zero attached hydrogens (tertiary/aromatic N) is 5. The van der Waals surface area contributed by atoms with E-state index < -0.39 is 0 Å². The molecule has 2 N–H and O–H groups in total. The molecule has 45 heavy (non-hydrogen) atoms. The molecule has 4 heterocycles. The minimum absolute atomic E-state index is 0.212. The van der Waals surface area contributed by atoms with Gasteiger partial charge < -0.3 is 34.5 Å². The maximum atomic E-state index is 13.2. The van der Waals surface area contributed by atoms with E-state index in [1.54, 1.807) is 19.4 Å². The number of carbonyl (C=O) groups is 1. The van der Waals surface area contributed by atoms with Gasteiger partial charge in [-0.3, -0.25) is 9.69 Å². The molecule has 2 saturated heterocycles. The molecule has 1 amide bonds. The van der Waals surface area contributed by atoms with Crippen molar-refractivity contribution in [3.05, 3.63) is 66.1 Å². The van der Waals surface area contributed by atoms with Crippen LogP contribution in [0, 0.1) is 6.92 Å². The Hall–Kier alpha value is -4.52. The maximum absolute atomic E-state index is 13.2. The smallest absolute Gasteiger partial charge is 0.255 e. The van der Waals surface area contributed by atoms with Crippen molar-refractivity contribution >= 4 is 39.8 Å². The normalized spacial score (nSPS) is 15.6. The molecule has 0 saturated carbocycles. The summed E-state index contributed by atoms with van der Waals surface area (Å²) in [5.74, 6) is 2.43. The van der Waals surface area contributed by atoms with Gasteiger partial charge in [0.1, 0.15) is 18.0 Å². The van der Waals surface area contributed by atoms with E-state index in [0.29, 0.717) is 48.4 Å². The molecule has 6 rings (SSSR count). The van der Waals surface area contributed by atoms with Gasteiger partial charge in [-0.05, 0) is 49.2 Å². The molecule has 0 bridgehead atoms. The minimum Gasteiger partial charge on any atom is -0.493 e. The van der Waals surface area contributed by atoms with E-state index in [2.05, 4.69) is 35.4 Å². The largest absolute Gasteiger partial charge is 0.493 e. The number of hydrogen-bond acceptors (Lipinski definition) is 11. The molecule has 0 radical (unpaired) electrons. The Kier molecular flexibility index (Phi) is 9.83. The third kappa shape index (κ3) is 7.59. The van der Waals surface area contributed by atoms with Crippen LogP contribution in [0.4, 0.5) is 23.0 Å². The Morgan fingerprint density at radius 3 is 2.53 bits per heavy atom. The minimum atomic E-state index is -0.212. The van der Waals surface area contributed by atoms with Gasteiger partial charge in [0, 0.05) is 67.3 Å². The van der Waals surface area contributed by atoms with Crippen molar-refractivity contribution in [3.8, 4) is 11.5 Å². The van der Waals surface area contributed by atoms with Crippen molar-refractivity contribution in [2.75, 3.05) is 88.4 Å². The molecular formula is C33H39N7O5. The number of rotatable bonds is 11. The lowest BCUT2D eigenvalue weighted by Crippen LogP contribution is -2.37. The van der Waals surface area contributed by atoms with E-state index in [0.717, 1.165) is 80.3 Å². The monoisotopic (exact) mass is 613 g/mol. The van der Waals surface area contributed by atoms with Gasteiger partial charge in [-0.15, -0.1) is 0 Å². The third-order valence-corrected chi connectivity index (χ3v) is 7.99. The van der Waals surface area contributed by atoms with E-state index in [1.807, 2.05) is 43.3 Å². The summed E-state index contributed by atoms with van der Waals surface area (Å²) in [5.41, 5.74) is 3.72. The molecule has 0 unspecified atom stereocenters. The van der Waals surface area contributed by atoms with Gasteiger partial charge in [0.25, 0.3) is 5.91 Å². The first-order valence-corrected chi connectivity index (χ1v) is 15.3. The van der Waals surface area contributed by atoms with Gasteiger partial charge in [-0.1, -0.05) is 6.07 Å². The quantitative estimate of drug-likeness (QED) is 0.236. The molecule has 2 aliphatic rings. The number of anilines is 4. The van der Waals surface area contributed by atoms with Gasteiger partial charge in [0.05, 0.1) is 45.7 Å². The highest BCUT2D eigenvalue weighted by Gasteiger charge is 2.17. The average Bonchev–Trinajstić information content (AvgIpc) is 3.09. The number of fused-ring (bicyclic) bond motifs is 1. The van der Waals surface area contributed by atoms with E-state index in [9.17, 15) is 4.79 Å². The Labute approximate surface area is 262 Å². The lowest BCUT2D eigenvalue weighted by molar-refractivity contribution is 0.0357. The van der Waals surface area contributed by atoms with Crippen LogP contribution in [-0.2, 0) is 9.47 Å².